The molecule has 5 fully saturated rings. The van der Waals surface area contributed by atoms with Crippen molar-refractivity contribution in [2.45, 2.75) is 104 Å². The van der Waals surface area contributed by atoms with E-state index in [4.69, 9.17) is 9.47 Å². The lowest BCUT2D eigenvalue weighted by Crippen LogP contribution is -2.62. The average Bonchev–Trinajstić information content (AvgIpc) is 3.30. The summed E-state index contributed by atoms with van der Waals surface area (Å²) in [5.74, 6) is 3.40. The molecule has 5 rings (SSSR count). The van der Waals surface area contributed by atoms with Gasteiger partial charge in [-0.3, -0.25) is 4.90 Å². The van der Waals surface area contributed by atoms with Gasteiger partial charge in [0.05, 0.1) is 32.0 Å². The number of nitrogens with zero attached hydrogens (tertiary/aromatic N) is 1. The molecule has 40 heavy (non-hydrogen) atoms. The summed E-state index contributed by atoms with van der Waals surface area (Å²) in [5.41, 5.74) is 0.497. The zero-order chi connectivity index (χ0) is 28.5. The van der Waals surface area contributed by atoms with Crippen LogP contribution >= 0.6 is 0 Å². The number of morpholine rings is 1. The monoisotopic (exact) mass is 562 g/mol. The van der Waals surface area contributed by atoms with E-state index in [1.54, 1.807) is 0 Å². The van der Waals surface area contributed by atoms with Crippen LogP contribution in [-0.2, 0) is 9.47 Å². The summed E-state index contributed by atoms with van der Waals surface area (Å²) in [6, 6.07) is 0. The molecule has 1 heterocycles. The summed E-state index contributed by atoms with van der Waals surface area (Å²) >= 11 is 0. The van der Waals surface area contributed by atoms with Crippen LogP contribution in [0.3, 0.4) is 0 Å². The van der Waals surface area contributed by atoms with Gasteiger partial charge in [-0.05, 0) is 117 Å². The van der Waals surface area contributed by atoms with E-state index in [1.165, 1.54) is 25.7 Å². The van der Waals surface area contributed by atoms with E-state index in [1.807, 2.05) is 0 Å². The van der Waals surface area contributed by atoms with Gasteiger partial charge in [0.15, 0.2) is 0 Å². The zero-order valence-electron chi connectivity index (χ0n) is 25.8. The Hall–Kier alpha value is -0.890. The van der Waals surface area contributed by atoms with Crippen LogP contribution in [0, 0.1) is 52.3 Å². The van der Waals surface area contributed by atoms with Crippen LogP contribution in [0.15, 0.2) is 0 Å². The number of ether oxygens (including phenoxy) is 2. The minimum absolute atomic E-state index is 0.194. The second-order valence-corrected chi connectivity index (χ2v) is 14.8. The Bertz CT molecular complexity index is 851. The lowest BCUT2D eigenvalue weighted by Gasteiger charge is -2.64. The van der Waals surface area contributed by atoms with Crippen LogP contribution in [0.5, 0.6) is 0 Å². The van der Waals surface area contributed by atoms with E-state index in [9.17, 15) is 15.0 Å². The molecular weight excluding hydrogens is 504 g/mol. The third kappa shape index (κ3) is 5.83. The largest absolute Gasteiger partial charge is 0.450 e. The second kappa shape index (κ2) is 12.8. The molecule has 0 aromatic rings. The van der Waals surface area contributed by atoms with Crippen molar-refractivity contribution in [3.05, 3.63) is 0 Å². The van der Waals surface area contributed by atoms with Crippen molar-refractivity contribution in [3.63, 3.8) is 0 Å². The maximum absolute atomic E-state index is 12.3. The lowest BCUT2D eigenvalue weighted by atomic mass is 9.41. The number of hydrogen-bond acceptors (Lipinski definition) is 6. The highest BCUT2D eigenvalue weighted by atomic mass is 16.5. The molecule has 7 nitrogen and oxygen atoms in total. The van der Waals surface area contributed by atoms with E-state index >= 15 is 0 Å². The normalized spacial score (nSPS) is 44.2. The van der Waals surface area contributed by atoms with Gasteiger partial charge in [0.1, 0.15) is 0 Å². The standard InChI is InChI=1S/C33H58N2O5/c1-5-24-28-21-23(36)9-12-33(28,4)27-10-13-32(3)25(7-8-26(32)29(27)30(24)37)22(2)11-18-40-31(38)34-14-6-15-35-16-19-39-20-17-35/h22-30,36-37H,5-21H2,1-4H3,(H,34,38)/t22-,23-,24-,25-,26+,27+,28+,29+,30-,32-,33-/m1/s1. The first-order chi connectivity index (χ1) is 19.2. The Morgan fingerprint density at radius 1 is 1.05 bits per heavy atom. The molecule has 11 atom stereocenters. The van der Waals surface area contributed by atoms with Gasteiger partial charge in [-0.2, -0.15) is 0 Å². The minimum Gasteiger partial charge on any atom is -0.450 e. The molecular formula is C33H58N2O5. The van der Waals surface area contributed by atoms with Gasteiger partial charge in [0.25, 0.3) is 0 Å². The van der Waals surface area contributed by atoms with Gasteiger partial charge in [0.2, 0.25) is 0 Å². The smallest absolute Gasteiger partial charge is 0.407 e. The van der Waals surface area contributed by atoms with Gasteiger partial charge in [-0.25, -0.2) is 4.79 Å². The molecule has 7 heteroatoms. The highest BCUT2D eigenvalue weighted by molar-refractivity contribution is 5.66. The number of rotatable bonds is 9. The number of alkyl carbamates (subject to hydrolysis) is 1. The van der Waals surface area contributed by atoms with Gasteiger partial charge >= 0.3 is 6.09 Å². The third-order valence-corrected chi connectivity index (χ3v) is 13.0. The number of carbonyl (C=O) groups is 1. The SMILES string of the molecule is CC[C@H]1[C@@H](O)[C@@H]2[C@H](CC[C@]3(C)[C@@H]([C@H](C)CCOC(=O)NCCCN4CCOCC4)CC[C@@H]23)[C@@]2(C)CC[C@@H](O)C[C@@H]12. The van der Waals surface area contributed by atoms with Crippen LogP contribution < -0.4 is 5.32 Å². The third-order valence-electron chi connectivity index (χ3n) is 13.0. The molecule has 1 saturated heterocycles. The van der Waals surface area contributed by atoms with E-state index in [2.05, 4.69) is 37.9 Å². The van der Waals surface area contributed by atoms with Crippen LogP contribution in [-0.4, -0.2) is 79.4 Å². The molecule has 1 aliphatic heterocycles. The van der Waals surface area contributed by atoms with E-state index in [0.717, 1.165) is 71.4 Å². The average molecular weight is 563 g/mol. The van der Waals surface area contributed by atoms with Crippen molar-refractivity contribution in [3.8, 4) is 0 Å². The zero-order valence-corrected chi connectivity index (χ0v) is 25.8. The quantitative estimate of drug-likeness (QED) is 0.339. The maximum atomic E-state index is 12.3. The Morgan fingerprint density at radius 3 is 2.52 bits per heavy atom. The summed E-state index contributed by atoms with van der Waals surface area (Å²) in [6.07, 6.45) is 9.91. The number of aliphatic hydroxyl groups is 2. The topological polar surface area (TPSA) is 91.3 Å². The van der Waals surface area contributed by atoms with Gasteiger partial charge in [0, 0.05) is 19.6 Å². The van der Waals surface area contributed by atoms with E-state index in [0.29, 0.717) is 54.6 Å². The number of carbonyl (C=O) groups excluding carboxylic acids is 1. The Labute approximate surface area is 243 Å². The Morgan fingerprint density at radius 2 is 1.77 bits per heavy atom. The Kier molecular flexibility index (Phi) is 9.76. The van der Waals surface area contributed by atoms with E-state index in [-0.39, 0.29) is 29.1 Å². The molecule has 0 radical (unpaired) electrons. The summed E-state index contributed by atoms with van der Waals surface area (Å²) in [7, 11) is 0. The predicted molar refractivity (Wildman–Crippen MR) is 157 cm³/mol. The van der Waals surface area contributed by atoms with Gasteiger partial charge in [-0.1, -0.05) is 34.1 Å². The molecule has 3 N–H and O–H groups in total. The molecule has 1 amide bonds. The highest BCUT2D eigenvalue weighted by Crippen LogP contribution is 2.69. The maximum Gasteiger partial charge on any atom is 0.407 e. The summed E-state index contributed by atoms with van der Waals surface area (Å²) < 4.78 is 11.0. The highest BCUT2D eigenvalue weighted by Gasteiger charge is 2.64. The molecule has 0 bridgehead atoms. The predicted octanol–water partition coefficient (Wildman–Crippen LogP) is 5.09. The number of amides is 1. The van der Waals surface area contributed by atoms with Crippen molar-refractivity contribution in [2.75, 3.05) is 46.0 Å². The molecule has 5 aliphatic rings. The molecule has 0 spiro atoms. The van der Waals surface area contributed by atoms with Crippen LogP contribution in [0.1, 0.15) is 91.9 Å². The van der Waals surface area contributed by atoms with Crippen molar-refractivity contribution in [1.82, 2.24) is 10.2 Å². The van der Waals surface area contributed by atoms with Crippen LogP contribution in [0.25, 0.3) is 0 Å². The summed E-state index contributed by atoms with van der Waals surface area (Å²) in [5, 5.41) is 25.4. The Balaban J connectivity index is 1.13. The molecule has 4 saturated carbocycles. The molecule has 0 aromatic heterocycles. The molecule has 0 unspecified atom stereocenters. The lowest BCUT2D eigenvalue weighted by molar-refractivity contribution is -0.203. The van der Waals surface area contributed by atoms with Crippen LogP contribution in [0.2, 0.25) is 0 Å². The first kappa shape index (κ1) is 30.6. The fraction of sp³-hybridized carbons (Fsp3) is 0.970. The fourth-order valence-electron chi connectivity index (χ4n) is 10.8. The van der Waals surface area contributed by atoms with Crippen molar-refractivity contribution in [2.24, 2.45) is 52.3 Å². The summed E-state index contributed by atoms with van der Waals surface area (Å²) in [6.45, 7) is 15.3. The number of aliphatic hydroxyl groups excluding tert-OH is 2. The number of nitrogens with one attached hydrogen (secondary N) is 1. The van der Waals surface area contributed by atoms with E-state index < -0.39 is 0 Å². The van der Waals surface area contributed by atoms with Gasteiger partial charge < -0.3 is 25.0 Å². The fourth-order valence-corrected chi connectivity index (χ4v) is 10.8. The molecule has 4 aliphatic carbocycles. The van der Waals surface area contributed by atoms with Crippen molar-refractivity contribution >= 4 is 6.09 Å². The first-order valence-corrected chi connectivity index (χ1v) is 16.8. The molecule has 230 valence electrons. The van der Waals surface area contributed by atoms with Crippen LogP contribution in [0.4, 0.5) is 4.79 Å². The van der Waals surface area contributed by atoms with Crippen molar-refractivity contribution in [1.29, 1.82) is 0 Å². The first-order valence-electron chi connectivity index (χ1n) is 16.8. The number of hydrogen-bond donors (Lipinski definition) is 3. The molecule has 0 aromatic carbocycles. The van der Waals surface area contributed by atoms with Crippen molar-refractivity contribution < 1.29 is 24.5 Å². The summed E-state index contributed by atoms with van der Waals surface area (Å²) in [4.78, 5) is 14.7. The number of fused-ring (bicyclic) bond motifs is 5. The minimum atomic E-state index is -0.290. The second-order valence-electron chi connectivity index (χ2n) is 14.8. The van der Waals surface area contributed by atoms with Gasteiger partial charge in [-0.15, -0.1) is 0 Å².